The molecule has 0 spiro atoms. The van der Waals surface area contributed by atoms with Gasteiger partial charge >= 0.3 is 0 Å². The minimum Gasteiger partial charge on any atom is -0.373 e. The molecule has 108 valence electrons. The summed E-state index contributed by atoms with van der Waals surface area (Å²) in [5.74, 6) is 0.108. The van der Waals surface area contributed by atoms with E-state index in [9.17, 15) is 9.59 Å². The summed E-state index contributed by atoms with van der Waals surface area (Å²) in [6.07, 6.45) is 3.10. The van der Waals surface area contributed by atoms with E-state index in [1.54, 1.807) is 0 Å². The second kappa shape index (κ2) is 6.86. The van der Waals surface area contributed by atoms with E-state index in [2.05, 4.69) is 10.6 Å². The first-order chi connectivity index (χ1) is 9.16. The molecule has 2 atom stereocenters. The van der Waals surface area contributed by atoms with Crippen molar-refractivity contribution >= 4 is 11.8 Å². The maximum atomic E-state index is 12.4. The molecule has 2 aliphatic heterocycles. The van der Waals surface area contributed by atoms with Gasteiger partial charge in [-0.15, -0.1) is 0 Å². The number of amides is 2. The first-order valence-corrected chi connectivity index (χ1v) is 7.05. The van der Waals surface area contributed by atoms with Gasteiger partial charge in [-0.05, 0) is 19.4 Å². The first kappa shape index (κ1) is 14.3. The lowest BCUT2D eigenvalue weighted by Gasteiger charge is -2.36. The molecule has 0 aliphatic carbocycles. The Labute approximate surface area is 113 Å². The topological polar surface area (TPSA) is 70.7 Å². The third-order valence-electron chi connectivity index (χ3n) is 3.64. The molecule has 0 aromatic heterocycles. The molecule has 0 bridgehead atoms. The van der Waals surface area contributed by atoms with Gasteiger partial charge in [0.05, 0.1) is 18.8 Å². The van der Waals surface area contributed by atoms with Gasteiger partial charge in [0.25, 0.3) is 0 Å². The second-order valence-corrected chi connectivity index (χ2v) is 5.22. The third kappa shape index (κ3) is 4.18. The number of nitrogens with zero attached hydrogens (tertiary/aromatic N) is 1. The summed E-state index contributed by atoms with van der Waals surface area (Å²) in [6, 6.07) is -0.0340. The number of nitrogens with one attached hydrogen (secondary N) is 2. The van der Waals surface area contributed by atoms with E-state index in [-0.39, 0.29) is 24.0 Å². The number of hydrogen-bond acceptors (Lipinski definition) is 4. The molecule has 2 fully saturated rings. The molecule has 6 nitrogen and oxygen atoms in total. The van der Waals surface area contributed by atoms with Gasteiger partial charge in [0.2, 0.25) is 11.8 Å². The molecule has 0 aromatic carbocycles. The highest BCUT2D eigenvalue weighted by molar-refractivity contribution is 5.82. The van der Waals surface area contributed by atoms with E-state index in [1.165, 1.54) is 6.92 Å². The number of rotatable bonds is 3. The van der Waals surface area contributed by atoms with Gasteiger partial charge in [-0.2, -0.15) is 0 Å². The summed E-state index contributed by atoms with van der Waals surface area (Å²) in [6.45, 7) is 4.64. The highest BCUT2D eigenvalue weighted by Crippen LogP contribution is 2.12. The van der Waals surface area contributed by atoms with Gasteiger partial charge in [-0.25, -0.2) is 0 Å². The predicted octanol–water partition coefficient (Wildman–Crippen LogP) is -0.508. The number of carbonyl (C=O) groups is 2. The lowest BCUT2D eigenvalue weighted by Crippen LogP contribution is -2.55. The average molecular weight is 269 g/mol. The van der Waals surface area contributed by atoms with Crippen molar-refractivity contribution in [1.82, 2.24) is 15.5 Å². The molecule has 2 unspecified atom stereocenters. The average Bonchev–Trinajstić information content (AvgIpc) is 2.45. The zero-order chi connectivity index (χ0) is 13.7. The largest absolute Gasteiger partial charge is 0.373 e. The van der Waals surface area contributed by atoms with Gasteiger partial charge in [0.15, 0.2) is 0 Å². The fourth-order valence-corrected chi connectivity index (χ4v) is 2.58. The molecule has 0 radical (unpaired) electrons. The van der Waals surface area contributed by atoms with Crippen molar-refractivity contribution in [3.05, 3.63) is 0 Å². The van der Waals surface area contributed by atoms with Crippen LogP contribution in [0.5, 0.6) is 0 Å². The van der Waals surface area contributed by atoms with Crippen molar-refractivity contribution in [2.45, 2.75) is 38.3 Å². The van der Waals surface area contributed by atoms with Gasteiger partial charge in [-0.3, -0.25) is 9.59 Å². The lowest BCUT2D eigenvalue weighted by molar-refractivity contribution is -0.141. The van der Waals surface area contributed by atoms with Crippen molar-refractivity contribution in [3.8, 4) is 0 Å². The van der Waals surface area contributed by atoms with Crippen molar-refractivity contribution in [2.75, 3.05) is 32.8 Å². The smallest absolute Gasteiger partial charge is 0.239 e. The Morgan fingerprint density at radius 1 is 1.42 bits per heavy atom. The molecule has 0 aromatic rings. The van der Waals surface area contributed by atoms with Crippen LogP contribution in [0.25, 0.3) is 0 Å². The van der Waals surface area contributed by atoms with E-state index in [0.29, 0.717) is 26.2 Å². The molecule has 2 heterocycles. The number of morpholine rings is 1. The fourth-order valence-electron chi connectivity index (χ4n) is 2.58. The van der Waals surface area contributed by atoms with E-state index >= 15 is 0 Å². The standard InChI is InChI=1S/C13H23N3O3/c1-10(17)15-8-11-9-16(6-7-19-11)13(18)12-4-2-3-5-14-12/h11-12,14H,2-9H2,1H3,(H,15,17). The van der Waals surface area contributed by atoms with Crippen LogP contribution in [0.3, 0.4) is 0 Å². The predicted molar refractivity (Wildman–Crippen MR) is 70.6 cm³/mol. The van der Waals surface area contributed by atoms with Crippen molar-refractivity contribution in [3.63, 3.8) is 0 Å². The molecule has 2 amide bonds. The van der Waals surface area contributed by atoms with Gasteiger partial charge in [0.1, 0.15) is 0 Å². The van der Waals surface area contributed by atoms with Crippen LogP contribution < -0.4 is 10.6 Å². The second-order valence-electron chi connectivity index (χ2n) is 5.22. The minimum absolute atomic E-state index is 0.0340. The summed E-state index contributed by atoms with van der Waals surface area (Å²) in [4.78, 5) is 25.1. The maximum absolute atomic E-state index is 12.4. The summed E-state index contributed by atoms with van der Waals surface area (Å²) in [5.41, 5.74) is 0. The Hall–Kier alpha value is -1.14. The maximum Gasteiger partial charge on any atom is 0.239 e. The molecular weight excluding hydrogens is 246 g/mol. The fraction of sp³-hybridized carbons (Fsp3) is 0.846. The monoisotopic (exact) mass is 269 g/mol. The van der Waals surface area contributed by atoms with Crippen molar-refractivity contribution in [1.29, 1.82) is 0 Å². The van der Waals surface area contributed by atoms with Crippen LogP contribution in [0.1, 0.15) is 26.2 Å². The Morgan fingerprint density at radius 3 is 2.95 bits per heavy atom. The zero-order valence-electron chi connectivity index (χ0n) is 11.5. The summed E-state index contributed by atoms with van der Waals surface area (Å²) in [5, 5.41) is 6.02. The molecule has 19 heavy (non-hydrogen) atoms. The van der Waals surface area contributed by atoms with Crippen LogP contribution in [-0.2, 0) is 14.3 Å². The summed E-state index contributed by atoms with van der Waals surface area (Å²) < 4.78 is 5.57. The van der Waals surface area contributed by atoms with Crippen molar-refractivity contribution < 1.29 is 14.3 Å². The Bertz CT molecular complexity index is 329. The van der Waals surface area contributed by atoms with Crippen LogP contribution in [0, 0.1) is 0 Å². The molecule has 2 aliphatic rings. The molecule has 2 saturated heterocycles. The summed E-state index contributed by atoms with van der Waals surface area (Å²) in [7, 11) is 0. The lowest BCUT2D eigenvalue weighted by atomic mass is 10.0. The molecule has 0 saturated carbocycles. The molecular formula is C13H23N3O3. The van der Waals surface area contributed by atoms with Gasteiger partial charge in [0, 0.05) is 26.6 Å². The third-order valence-corrected chi connectivity index (χ3v) is 3.64. The molecule has 6 heteroatoms. The SMILES string of the molecule is CC(=O)NCC1CN(C(=O)C2CCCCN2)CCO1. The Morgan fingerprint density at radius 2 is 2.26 bits per heavy atom. The zero-order valence-corrected chi connectivity index (χ0v) is 11.5. The van der Waals surface area contributed by atoms with Gasteiger partial charge < -0.3 is 20.3 Å². The van der Waals surface area contributed by atoms with Crippen LogP contribution in [0.4, 0.5) is 0 Å². The normalized spacial score (nSPS) is 27.9. The number of piperidine rings is 1. The molecule has 2 rings (SSSR count). The van der Waals surface area contributed by atoms with E-state index in [0.717, 1.165) is 25.8 Å². The quantitative estimate of drug-likeness (QED) is 0.724. The van der Waals surface area contributed by atoms with Crippen LogP contribution in [0.2, 0.25) is 0 Å². The van der Waals surface area contributed by atoms with E-state index < -0.39 is 0 Å². The first-order valence-electron chi connectivity index (χ1n) is 7.05. The number of ether oxygens (including phenoxy) is 1. The number of carbonyl (C=O) groups excluding carboxylic acids is 2. The van der Waals surface area contributed by atoms with Crippen LogP contribution >= 0.6 is 0 Å². The Balaban J connectivity index is 1.82. The van der Waals surface area contributed by atoms with Crippen LogP contribution in [-0.4, -0.2) is 61.6 Å². The highest BCUT2D eigenvalue weighted by Gasteiger charge is 2.29. The van der Waals surface area contributed by atoms with Crippen molar-refractivity contribution in [2.24, 2.45) is 0 Å². The number of hydrogen-bond donors (Lipinski definition) is 2. The molecule has 2 N–H and O–H groups in total. The van der Waals surface area contributed by atoms with E-state index in [1.807, 2.05) is 4.90 Å². The highest BCUT2D eigenvalue weighted by atomic mass is 16.5. The van der Waals surface area contributed by atoms with Crippen LogP contribution in [0.15, 0.2) is 0 Å². The summed E-state index contributed by atoms with van der Waals surface area (Å²) >= 11 is 0. The Kier molecular flexibility index (Phi) is 5.15. The van der Waals surface area contributed by atoms with E-state index in [4.69, 9.17) is 4.74 Å². The minimum atomic E-state index is -0.0924. The van der Waals surface area contributed by atoms with Gasteiger partial charge in [-0.1, -0.05) is 6.42 Å².